The highest BCUT2D eigenvalue weighted by molar-refractivity contribution is 5.10. The first kappa shape index (κ1) is 13.6. The number of nitriles is 1. The molecule has 0 aromatic rings. The van der Waals surface area contributed by atoms with Gasteiger partial charge in [0.15, 0.2) is 0 Å². The van der Waals surface area contributed by atoms with Crippen molar-refractivity contribution >= 4 is 0 Å². The van der Waals surface area contributed by atoms with Crippen LogP contribution in [0, 0.1) is 23.2 Å². The normalized spacial score (nSPS) is 10.7. The quantitative estimate of drug-likeness (QED) is 0.574. The Morgan fingerprint density at radius 1 is 1.42 bits per heavy atom. The van der Waals surface area contributed by atoms with Crippen LogP contribution in [-0.2, 0) is 0 Å². The second kappa shape index (κ2) is 8.07. The van der Waals surface area contributed by atoms with Crippen molar-refractivity contribution in [3.8, 4) is 6.07 Å². The fourth-order valence-electron chi connectivity index (χ4n) is 0.583. The van der Waals surface area contributed by atoms with Gasteiger partial charge in [-0.05, 0) is 19.8 Å². The number of rotatable bonds is 2. The molecule has 1 nitrogen and oxygen atoms in total. The van der Waals surface area contributed by atoms with Gasteiger partial charge in [0.25, 0.3) is 0 Å². The van der Waals surface area contributed by atoms with Crippen molar-refractivity contribution < 1.29 is 0 Å². The van der Waals surface area contributed by atoms with Crippen LogP contribution >= 0.6 is 0 Å². The van der Waals surface area contributed by atoms with E-state index < -0.39 is 0 Å². The fraction of sp³-hybridized carbons (Fsp3) is 0.545. The van der Waals surface area contributed by atoms with Gasteiger partial charge in [-0.2, -0.15) is 5.26 Å². The molecule has 0 radical (unpaired) electrons. The summed E-state index contributed by atoms with van der Waals surface area (Å²) in [6.45, 7) is 15.0. The first-order valence-electron chi connectivity index (χ1n) is 4.16. The Morgan fingerprint density at radius 3 is 1.83 bits per heavy atom. The maximum absolute atomic E-state index is 8.44. The average molecular weight is 165 g/mol. The van der Waals surface area contributed by atoms with Gasteiger partial charge in [-0.15, -0.1) is 6.58 Å². The Morgan fingerprint density at radius 2 is 1.75 bits per heavy atom. The highest BCUT2D eigenvalue weighted by Crippen LogP contribution is 2.15. The lowest BCUT2D eigenvalue weighted by atomic mass is 9.94. The second-order valence-corrected chi connectivity index (χ2v) is 2.99. The smallest absolute Gasteiger partial charge is 0.0697 e. The third-order valence-electron chi connectivity index (χ3n) is 1.49. The third kappa shape index (κ3) is 7.08. The van der Waals surface area contributed by atoms with Gasteiger partial charge < -0.3 is 0 Å². The van der Waals surface area contributed by atoms with Crippen LogP contribution in [0.5, 0.6) is 0 Å². The molecule has 0 rings (SSSR count). The standard InChI is InChI=1S/C8H13N.C3H6/c1-6(2)8(4)7(3)5-9;1-3-2/h6-7H,4H2,1-3H3;3H,1H2,2H3. The maximum atomic E-state index is 8.44. The van der Waals surface area contributed by atoms with Crippen molar-refractivity contribution in [1.29, 1.82) is 5.26 Å². The maximum Gasteiger partial charge on any atom is 0.0697 e. The van der Waals surface area contributed by atoms with Crippen LogP contribution in [0.25, 0.3) is 0 Å². The van der Waals surface area contributed by atoms with E-state index in [0.29, 0.717) is 5.92 Å². The van der Waals surface area contributed by atoms with E-state index in [1.165, 1.54) is 0 Å². The summed E-state index contributed by atoms with van der Waals surface area (Å²) in [6.07, 6.45) is 1.75. The first-order chi connectivity index (χ1) is 5.51. The minimum atomic E-state index is 0.00463. The summed E-state index contributed by atoms with van der Waals surface area (Å²) in [4.78, 5) is 0. The summed E-state index contributed by atoms with van der Waals surface area (Å²) in [7, 11) is 0. The van der Waals surface area contributed by atoms with Crippen LogP contribution < -0.4 is 0 Å². The Kier molecular flexibility index (Phi) is 9.11. The van der Waals surface area contributed by atoms with Crippen molar-refractivity contribution in [3.05, 3.63) is 24.8 Å². The zero-order valence-electron chi connectivity index (χ0n) is 8.59. The molecule has 0 amide bonds. The van der Waals surface area contributed by atoms with Crippen molar-refractivity contribution in [2.24, 2.45) is 11.8 Å². The molecule has 1 atom stereocenters. The molecule has 0 spiro atoms. The molecule has 0 saturated carbocycles. The molecule has 0 aromatic carbocycles. The highest BCUT2D eigenvalue weighted by Gasteiger charge is 2.07. The molecule has 0 bridgehead atoms. The SMILES string of the molecule is C=C(C(C)C)C(C)C#N.C=CC. The molecular weight excluding hydrogens is 146 g/mol. The van der Waals surface area contributed by atoms with E-state index in [1.807, 2.05) is 13.8 Å². The summed E-state index contributed by atoms with van der Waals surface area (Å²) in [5.41, 5.74) is 1.03. The molecule has 68 valence electrons. The molecule has 1 heteroatoms. The van der Waals surface area contributed by atoms with E-state index in [1.54, 1.807) is 6.08 Å². The molecule has 0 N–H and O–H groups in total. The molecule has 0 saturated heterocycles. The summed E-state index contributed by atoms with van der Waals surface area (Å²) < 4.78 is 0. The number of hydrogen-bond donors (Lipinski definition) is 0. The molecule has 0 heterocycles. The molecule has 12 heavy (non-hydrogen) atoms. The lowest BCUT2D eigenvalue weighted by molar-refractivity contribution is 0.676. The van der Waals surface area contributed by atoms with Gasteiger partial charge in [0.1, 0.15) is 0 Å². The van der Waals surface area contributed by atoms with Gasteiger partial charge >= 0.3 is 0 Å². The van der Waals surface area contributed by atoms with E-state index >= 15 is 0 Å². The van der Waals surface area contributed by atoms with Gasteiger partial charge in [-0.25, -0.2) is 0 Å². The largest absolute Gasteiger partial charge is 0.198 e. The Balaban J connectivity index is 0. The summed E-state index contributed by atoms with van der Waals surface area (Å²) in [6, 6.07) is 2.15. The highest BCUT2D eigenvalue weighted by atomic mass is 14.3. The Labute approximate surface area is 76.4 Å². The predicted octanol–water partition coefficient (Wildman–Crippen LogP) is 3.55. The van der Waals surface area contributed by atoms with Crippen LogP contribution in [0.4, 0.5) is 0 Å². The summed E-state index contributed by atoms with van der Waals surface area (Å²) >= 11 is 0. The van der Waals surface area contributed by atoms with Crippen molar-refractivity contribution in [2.45, 2.75) is 27.7 Å². The van der Waals surface area contributed by atoms with E-state index in [2.05, 4.69) is 33.1 Å². The Hall–Kier alpha value is -1.03. The fourth-order valence-corrected chi connectivity index (χ4v) is 0.583. The zero-order chi connectivity index (χ0) is 10.1. The van der Waals surface area contributed by atoms with Crippen LogP contribution in [-0.4, -0.2) is 0 Å². The van der Waals surface area contributed by atoms with Crippen LogP contribution in [0.1, 0.15) is 27.7 Å². The molecule has 1 unspecified atom stereocenters. The number of allylic oxidation sites excluding steroid dienone is 2. The Bertz CT molecular complexity index is 172. The molecule has 0 aliphatic rings. The molecule has 0 fully saturated rings. The van der Waals surface area contributed by atoms with E-state index in [9.17, 15) is 0 Å². The van der Waals surface area contributed by atoms with Crippen LogP contribution in [0.2, 0.25) is 0 Å². The van der Waals surface area contributed by atoms with E-state index in [0.717, 1.165) is 5.57 Å². The van der Waals surface area contributed by atoms with Gasteiger partial charge in [-0.3, -0.25) is 0 Å². The third-order valence-corrected chi connectivity index (χ3v) is 1.49. The lowest BCUT2D eigenvalue weighted by Gasteiger charge is -2.09. The van der Waals surface area contributed by atoms with Crippen LogP contribution in [0.15, 0.2) is 24.8 Å². The first-order valence-corrected chi connectivity index (χ1v) is 4.16. The minimum absolute atomic E-state index is 0.00463. The van der Waals surface area contributed by atoms with Gasteiger partial charge in [0.2, 0.25) is 0 Å². The van der Waals surface area contributed by atoms with Crippen LogP contribution in [0.3, 0.4) is 0 Å². The summed E-state index contributed by atoms with van der Waals surface area (Å²) in [5.74, 6) is 0.435. The molecule has 0 aromatic heterocycles. The van der Waals surface area contributed by atoms with Gasteiger partial charge in [-0.1, -0.05) is 32.1 Å². The minimum Gasteiger partial charge on any atom is -0.198 e. The lowest BCUT2D eigenvalue weighted by Crippen LogP contribution is -2.01. The number of nitrogens with zero attached hydrogens (tertiary/aromatic N) is 1. The van der Waals surface area contributed by atoms with Crippen molar-refractivity contribution in [3.63, 3.8) is 0 Å². The summed E-state index contributed by atoms with van der Waals surface area (Å²) in [5, 5.41) is 8.44. The van der Waals surface area contributed by atoms with Gasteiger partial charge in [0, 0.05) is 0 Å². The van der Waals surface area contributed by atoms with E-state index in [-0.39, 0.29) is 5.92 Å². The van der Waals surface area contributed by atoms with E-state index in [4.69, 9.17) is 5.26 Å². The molecule has 0 aliphatic heterocycles. The average Bonchev–Trinajstić information content (AvgIpc) is 2.03. The van der Waals surface area contributed by atoms with Gasteiger partial charge in [0.05, 0.1) is 12.0 Å². The predicted molar refractivity (Wildman–Crippen MR) is 54.6 cm³/mol. The number of hydrogen-bond acceptors (Lipinski definition) is 1. The molecular formula is C11H19N. The topological polar surface area (TPSA) is 23.8 Å². The zero-order valence-corrected chi connectivity index (χ0v) is 8.59. The monoisotopic (exact) mass is 165 g/mol. The van der Waals surface area contributed by atoms with Crippen molar-refractivity contribution in [1.82, 2.24) is 0 Å². The van der Waals surface area contributed by atoms with Crippen molar-refractivity contribution in [2.75, 3.05) is 0 Å². The second-order valence-electron chi connectivity index (χ2n) is 2.99. The molecule has 0 aliphatic carbocycles.